The number of aliphatic hydroxyl groups excluding tert-OH is 2. The molecule has 24 heavy (non-hydrogen) atoms. The highest BCUT2D eigenvalue weighted by Crippen LogP contribution is 2.37. The summed E-state index contributed by atoms with van der Waals surface area (Å²) in [5.41, 5.74) is 0. The minimum Gasteiger partial charge on any atom is -0.481 e. The van der Waals surface area contributed by atoms with Crippen LogP contribution >= 0.6 is 0 Å². The standard InChI is InChI=1S/C16H28O7S/c1-24(21,22)23-15-9-6-8-12(14(18)11-17)13(15)7-4-2-3-5-10-16(19)20/h2,4,12-15,17-18H,3,5-11H2,1H3,(H,19,20)/b4-2-. The van der Waals surface area contributed by atoms with Crippen LogP contribution in [0.4, 0.5) is 0 Å². The molecule has 0 spiro atoms. The molecule has 0 aromatic heterocycles. The van der Waals surface area contributed by atoms with Gasteiger partial charge in [-0.15, -0.1) is 0 Å². The fraction of sp³-hybridized carbons (Fsp3) is 0.812. The molecule has 1 rings (SSSR count). The zero-order valence-corrected chi connectivity index (χ0v) is 14.8. The molecule has 0 aromatic rings. The van der Waals surface area contributed by atoms with E-state index < -0.39 is 28.3 Å². The Morgan fingerprint density at radius 2 is 2.04 bits per heavy atom. The summed E-state index contributed by atoms with van der Waals surface area (Å²) >= 11 is 0. The monoisotopic (exact) mass is 364 g/mol. The maximum absolute atomic E-state index is 11.5. The predicted octanol–water partition coefficient (Wildman–Crippen LogP) is 1.30. The van der Waals surface area contributed by atoms with E-state index in [1.165, 1.54) is 0 Å². The van der Waals surface area contributed by atoms with Gasteiger partial charge in [-0.05, 0) is 43.9 Å². The molecule has 1 fully saturated rings. The van der Waals surface area contributed by atoms with Crippen molar-refractivity contribution in [2.24, 2.45) is 11.8 Å². The third kappa shape index (κ3) is 7.74. The van der Waals surface area contributed by atoms with Gasteiger partial charge in [-0.1, -0.05) is 18.6 Å². The quantitative estimate of drug-likeness (QED) is 0.303. The molecule has 0 radical (unpaired) electrons. The van der Waals surface area contributed by atoms with E-state index in [0.717, 1.165) is 12.7 Å². The lowest BCUT2D eigenvalue weighted by Crippen LogP contribution is -2.42. The maximum Gasteiger partial charge on any atom is 0.303 e. The number of carboxylic acids is 1. The highest BCUT2D eigenvalue weighted by molar-refractivity contribution is 7.86. The van der Waals surface area contributed by atoms with E-state index in [2.05, 4.69) is 0 Å². The van der Waals surface area contributed by atoms with Gasteiger partial charge in [-0.25, -0.2) is 0 Å². The van der Waals surface area contributed by atoms with Crippen LogP contribution in [0.5, 0.6) is 0 Å². The number of hydrogen-bond acceptors (Lipinski definition) is 6. The van der Waals surface area contributed by atoms with Crippen molar-refractivity contribution in [2.75, 3.05) is 12.9 Å². The molecule has 0 aliphatic heterocycles. The summed E-state index contributed by atoms with van der Waals surface area (Å²) in [7, 11) is -3.59. The Labute approximate surface area is 143 Å². The van der Waals surface area contributed by atoms with Crippen molar-refractivity contribution in [1.29, 1.82) is 0 Å². The van der Waals surface area contributed by atoms with E-state index in [1.54, 1.807) is 0 Å². The fourth-order valence-corrected chi connectivity index (χ4v) is 3.97. The summed E-state index contributed by atoms with van der Waals surface area (Å²) in [6.45, 7) is -0.366. The lowest BCUT2D eigenvalue weighted by Gasteiger charge is -2.38. The minimum atomic E-state index is -3.59. The third-order valence-corrected chi connectivity index (χ3v) is 4.97. The van der Waals surface area contributed by atoms with Crippen molar-refractivity contribution >= 4 is 16.1 Å². The highest BCUT2D eigenvalue weighted by atomic mass is 32.2. The molecule has 4 atom stereocenters. The van der Waals surface area contributed by atoms with E-state index in [-0.39, 0.29) is 24.9 Å². The molecule has 1 aliphatic rings. The Balaban J connectivity index is 2.70. The molecule has 3 N–H and O–H groups in total. The number of carboxylic acid groups (broad SMARTS) is 1. The zero-order chi connectivity index (χ0) is 18.2. The first-order valence-corrected chi connectivity index (χ1v) is 10.1. The molecule has 0 amide bonds. The number of aliphatic hydroxyl groups is 2. The normalized spacial score (nSPS) is 26.5. The highest BCUT2D eigenvalue weighted by Gasteiger charge is 2.38. The van der Waals surface area contributed by atoms with Crippen LogP contribution in [0, 0.1) is 11.8 Å². The molecule has 1 saturated carbocycles. The molecule has 0 heterocycles. The molecule has 8 heteroatoms. The van der Waals surface area contributed by atoms with Crippen LogP contribution in [0.25, 0.3) is 0 Å². The van der Waals surface area contributed by atoms with Crippen LogP contribution in [0.1, 0.15) is 44.9 Å². The van der Waals surface area contributed by atoms with Gasteiger partial charge >= 0.3 is 5.97 Å². The Morgan fingerprint density at radius 1 is 1.33 bits per heavy atom. The Morgan fingerprint density at radius 3 is 2.62 bits per heavy atom. The lowest BCUT2D eigenvalue weighted by atomic mass is 9.73. The summed E-state index contributed by atoms with van der Waals surface area (Å²) < 4.78 is 28.1. The van der Waals surface area contributed by atoms with Crippen LogP contribution in [-0.4, -0.2) is 54.8 Å². The second kappa shape index (κ2) is 10.1. The summed E-state index contributed by atoms with van der Waals surface area (Å²) in [6, 6.07) is 0. The largest absolute Gasteiger partial charge is 0.481 e. The van der Waals surface area contributed by atoms with Crippen molar-refractivity contribution in [3.63, 3.8) is 0 Å². The second-order valence-electron chi connectivity index (χ2n) is 6.34. The smallest absolute Gasteiger partial charge is 0.303 e. The first-order valence-electron chi connectivity index (χ1n) is 8.28. The molecule has 0 saturated heterocycles. The van der Waals surface area contributed by atoms with Crippen molar-refractivity contribution < 1.29 is 32.7 Å². The van der Waals surface area contributed by atoms with E-state index in [4.69, 9.17) is 9.29 Å². The van der Waals surface area contributed by atoms with Crippen LogP contribution < -0.4 is 0 Å². The average Bonchev–Trinajstić information content (AvgIpc) is 2.49. The van der Waals surface area contributed by atoms with Gasteiger partial charge in [0.05, 0.1) is 25.1 Å². The van der Waals surface area contributed by atoms with Gasteiger partial charge in [-0.2, -0.15) is 8.42 Å². The van der Waals surface area contributed by atoms with Crippen LogP contribution in [-0.2, 0) is 19.1 Å². The maximum atomic E-state index is 11.5. The first kappa shape index (κ1) is 21.1. The van der Waals surface area contributed by atoms with Gasteiger partial charge in [0.1, 0.15) is 0 Å². The van der Waals surface area contributed by atoms with Gasteiger partial charge in [0.15, 0.2) is 0 Å². The molecule has 1 aliphatic carbocycles. The molecule has 4 unspecified atom stereocenters. The molecule has 0 bridgehead atoms. The predicted molar refractivity (Wildman–Crippen MR) is 88.9 cm³/mol. The van der Waals surface area contributed by atoms with Crippen LogP contribution in [0.3, 0.4) is 0 Å². The number of carbonyl (C=O) groups is 1. The second-order valence-corrected chi connectivity index (χ2v) is 7.94. The van der Waals surface area contributed by atoms with Crippen LogP contribution in [0.2, 0.25) is 0 Å². The summed E-state index contributed by atoms with van der Waals surface area (Å²) in [6.07, 6.45) is 7.21. The Hall–Kier alpha value is -0.960. The van der Waals surface area contributed by atoms with Crippen molar-refractivity contribution in [3.05, 3.63) is 12.2 Å². The summed E-state index contributed by atoms with van der Waals surface area (Å²) in [5, 5.41) is 27.9. The van der Waals surface area contributed by atoms with E-state index in [0.29, 0.717) is 32.1 Å². The lowest BCUT2D eigenvalue weighted by molar-refractivity contribution is -0.137. The van der Waals surface area contributed by atoms with E-state index in [9.17, 15) is 23.4 Å². The van der Waals surface area contributed by atoms with E-state index >= 15 is 0 Å². The van der Waals surface area contributed by atoms with Crippen molar-refractivity contribution in [1.82, 2.24) is 0 Å². The fourth-order valence-electron chi connectivity index (χ4n) is 3.28. The van der Waals surface area contributed by atoms with E-state index in [1.807, 2.05) is 12.2 Å². The topological polar surface area (TPSA) is 121 Å². The Bertz CT molecular complexity index is 515. The number of rotatable bonds is 10. The number of unbranched alkanes of at least 4 members (excludes halogenated alkanes) is 1. The first-order chi connectivity index (χ1) is 11.2. The SMILES string of the molecule is CS(=O)(=O)OC1CCCC(C(O)CO)C1C/C=C\CCCC(=O)O. The van der Waals surface area contributed by atoms with Gasteiger partial charge in [0.2, 0.25) is 0 Å². The Kier molecular flexibility index (Phi) is 8.90. The van der Waals surface area contributed by atoms with Gasteiger partial charge in [0.25, 0.3) is 10.1 Å². The molecule has 7 nitrogen and oxygen atoms in total. The molecular weight excluding hydrogens is 336 g/mol. The average molecular weight is 364 g/mol. The number of allylic oxidation sites excluding steroid dienone is 2. The molecule has 140 valence electrons. The third-order valence-electron chi connectivity index (χ3n) is 4.37. The van der Waals surface area contributed by atoms with Crippen molar-refractivity contribution in [2.45, 2.75) is 57.2 Å². The number of hydrogen-bond donors (Lipinski definition) is 3. The van der Waals surface area contributed by atoms with Gasteiger partial charge in [0, 0.05) is 6.42 Å². The minimum absolute atomic E-state index is 0.111. The zero-order valence-electron chi connectivity index (χ0n) is 14.0. The summed E-state index contributed by atoms with van der Waals surface area (Å²) in [4.78, 5) is 10.5. The van der Waals surface area contributed by atoms with Gasteiger partial charge in [-0.3, -0.25) is 8.98 Å². The molecular formula is C16H28O7S. The summed E-state index contributed by atoms with van der Waals surface area (Å²) in [5.74, 6) is -1.26. The number of aliphatic carboxylic acids is 1. The van der Waals surface area contributed by atoms with Gasteiger partial charge < -0.3 is 15.3 Å². The van der Waals surface area contributed by atoms with Crippen LogP contribution in [0.15, 0.2) is 12.2 Å². The van der Waals surface area contributed by atoms with Crippen molar-refractivity contribution in [3.8, 4) is 0 Å². The molecule has 0 aromatic carbocycles.